The molecule has 2 saturated heterocycles. The third-order valence-corrected chi connectivity index (χ3v) is 10.0. The lowest BCUT2D eigenvalue weighted by Crippen LogP contribution is -2.50. The normalized spacial score (nSPS) is 22.7. The molecule has 1 aliphatic carbocycles. The van der Waals surface area contributed by atoms with Crippen molar-refractivity contribution in [1.82, 2.24) is 19.8 Å². The van der Waals surface area contributed by atoms with E-state index in [9.17, 15) is 14.9 Å². The number of rotatable bonds is 5. The Morgan fingerprint density at radius 2 is 1.87 bits per heavy atom. The molecule has 2 aliphatic heterocycles. The van der Waals surface area contributed by atoms with Crippen molar-refractivity contribution < 1.29 is 19.2 Å². The lowest BCUT2D eigenvalue weighted by atomic mass is 9.72. The number of aryl methyl sites for hydroxylation is 1. The van der Waals surface area contributed by atoms with Crippen molar-refractivity contribution >= 4 is 46.0 Å². The first kappa shape index (κ1) is 34.2. The number of nitrogens with zero attached hydrogens (tertiary/aromatic N) is 8. The number of hydrogen-bond acceptors (Lipinski definition) is 13. The van der Waals surface area contributed by atoms with Crippen LogP contribution < -0.4 is 21.3 Å². The van der Waals surface area contributed by atoms with Crippen LogP contribution >= 0.6 is 11.3 Å². The fraction of sp³-hybridized carbons (Fsp3) is 0.625. The van der Waals surface area contributed by atoms with Gasteiger partial charge in [0.25, 0.3) is 0 Å². The van der Waals surface area contributed by atoms with Gasteiger partial charge in [-0.15, -0.1) is 11.3 Å². The Hall–Kier alpha value is -4.16. The molecule has 0 radical (unpaired) electrons. The van der Waals surface area contributed by atoms with Gasteiger partial charge in [0.05, 0.1) is 11.0 Å². The van der Waals surface area contributed by atoms with Crippen molar-refractivity contribution in [2.75, 3.05) is 68.4 Å². The molecular formula is C32H46N10O4S. The summed E-state index contributed by atoms with van der Waals surface area (Å²) < 4.78 is 5.57. The number of amidine groups is 1. The number of anilines is 3. The standard InChI is InChI=1S/C32H46N10O4S/c1-20-19-39(6)11-8-12-42(20)29-36-22(17-24(37-29)40-13-15-41(16-14-40)30(44)45-31(2,3)4)26(34)38-46-28(43)32(5)10-7-9-23-25(32)21(18-33)27(35)47-23/h17,20H,7-16,19,35H2,1-6H3,(H2,34,38)/t20-,32-/m0/s1. The predicted octanol–water partition coefficient (Wildman–Crippen LogP) is 3.04. The highest BCUT2D eigenvalue weighted by atomic mass is 32.1. The Bertz CT molecular complexity index is 1570. The average molecular weight is 667 g/mol. The third-order valence-electron chi connectivity index (χ3n) is 8.95. The summed E-state index contributed by atoms with van der Waals surface area (Å²) in [7, 11) is 2.10. The Kier molecular flexibility index (Phi) is 9.83. The number of carbonyl (C=O) groups is 2. The highest BCUT2D eigenvalue weighted by molar-refractivity contribution is 7.16. The van der Waals surface area contributed by atoms with Gasteiger partial charge >= 0.3 is 12.1 Å². The number of carbonyl (C=O) groups excluding carboxylic acids is 2. The van der Waals surface area contributed by atoms with Gasteiger partial charge in [-0.3, -0.25) is 0 Å². The fourth-order valence-electron chi connectivity index (χ4n) is 6.50. The van der Waals surface area contributed by atoms with Crippen molar-refractivity contribution in [2.24, 2.45) is 10.9 Å². The highest BCUT2D eigenvalue weighted by Crippen LogP contribution is 2.46. The number of nitriles is 1. The molecular weight excluding hydrogens is 620 g/mol. The van der Waals surface area contributed by atoms with Gasteiger partial charge in [0.1, 0.15) is 28.2 Å². The summed E-state index contributed by atoms with van der Waals surface area (Å²) in [6.45, 7) is 14.0. The molecule has 2 atom stereocenters. The number of nitrogen functional groups attached to an aromatic ring is 1. The van der Waals surface area contributed by atoms with Gasteiger partial charge in [-0.05, 0) is 73.9 Å². The fourth-order valence-corrected chi connectivity index (χ4v) is 7.69. The largest absolute Gasteiger partial charge is 0.444 e. The number of amides is 1. The van der Waals surface area contributed by atoms with Crippen LogP contribution in [0.15, 0.2) is 11.2 Å². The van der Waals surface area contributed by atoms with Crippen molar-refractivity contribution in [1.29, 1.82) is 5.26 Å². The number of likely N-dealkylation sites (N-methyl/N-ethyl adjacent to an activating group) is 1. The zero-order valence-corrected chi connectivity index (χ0v) is 29.0. The zero-order valence-electron chi connectivity index (χ0n) is 28.2. The first-order valence-corrected chi connectivity index (χ1v) is 17.0. The van der Waals surface area contributed by atoms with E-state index in [0.717, 1.165) is 43.8 Å². The van der Waals surface area contributed by atoms with E-state index in [1.165, 1.54) is 11.3 Å². The van der Waals surface area contributed by atoms with Crippen molar-refractivity contribution in [2.45, 2.75) is 77.4 Å². The van der Waals surface area contributed by atoms with E-state index in [0.29, 0.717) is 66.2 Å². The SMILES string of the molecule is C[C@H]1CN(C)CCCN1c1nc(/C(N)=N/OC(=O)[C@@]2(C)CCCc3sc(N)c(C#N)c32)cc(N2CCN(C(=O)OC(C)(C)C)CC2)n1. The number of nitrogens with two attached hydrogens (primary N) is 2. The molecule has 0 saturated carbocycles. The van der Waals surface area contributed by atoms with Crippen LogP contribution in [0.3, 0.4) is 0 Å². The molecule has 0 bridgehead atoms. The van der Waals surface area contributed by atoms with Crippen molar-refractivity contribution in [3.05, 3.63) is 27.8 Å². The Labute approximate surface area is 280 Å². The molecule has 0 unspecified atom stereocenters. The van der Waals surface area contributed by atoms with Crippen LogP contribution in [0.4, 0.5) is 21.6 Å². The van der Waals surface area contributed by atoms with Gasteiger partial charge in [0.2, 0.25) is 5.95 Å². The molecule has 14 nitrogen and oxygen atoms in total. The second-order valence-corrected chi connectivity index (χ2v) is 15.0. The maximum absolute atomic E-state index is 13.6. The Morgan fingerprint density at radius 1 is 1.15 bits per heavy atom. The lowest BCUT2D eigenvalue weighted by Gasteiger charge is -2.36. The number of piperazine rings is 1. The van der Waals surface area contributed by atoms with Crippen molar-refractivity contribution in [3.8, 4) is 6.07 Å². The lowest BCUT2D eigenvalue weighted by molar-refractivity contribution is -0.150. The number of hydrogen-bond donors (Lipinski definition) is 2. The van der Waals surface area contributed by atoms with E-state index in [-0.39, 0.29) is 18.0 Å². The molecule has 4 heterocycles. The number of ether oxygens (including phenoxy) is 1. The maximum Gasteiger partial charge on any atom is 0.410 e. The van der Waals surface area contributed by atoms with Crippen LogP contribution in [0.5, 0.6) is 0 Å². The zero-order chi connectivity index (χ0) is 34.1. The summed E-state index contributed by atoms with van der Waals surface area (Å²) in [6, 6.07) is 4.04. The molecule has 15 heteroatoms. The predicted molar refractivity (Wildman–Crippen MR) is 182 cm³/mol. The van der Waals surface area contributed by atoms with Crippen LogP contribution in [0.25, 0.3) is 0 Å². The molecule has 5 rings (SSSR count). The van der Waals surface area contributed by atoms with Gasteiger partial charge in [-0.2, -0.15) is 10.2 Å². The minimum atomic E-state index is -1.08. The summed E-state index contributed by atoms with van der Waals surface area (Å²) in [4.78, 5) is 50.7. The van der Waals surface area contributed by atoms with E-state index < -0.39 is 17.0 Å². The monoisotopic (exact) mass is 666 g/mol. The smallest absolute Gasteiger partial charge is 0.410 e. The van der Waals surface area contributed by atoms with Crippen LogP contribution in [0.2, 0.25) is 0 Å². The van der Waals surface area contributed by atoms with Crippen LogP contribution in [-0.2, 0) is 26.2 Å². The quantitative estimate of drug-likeness (QED) is 0.207. The molecule has 2 aromatic rings. The topological polar surface area (TPSA) is 180 Å². The molecule has 2 fully saturated rings. The molecule has 0 spiro atoms. The summed E-state index contributed by atoms with van der Waals surface area (Å²) in [6.07, 6.45) is 2.61. The van der Waals surface area contributed by atoms with E-state index in [2.05, 4.69) is 39.9 Å². The first-order chi connectivity index (χ1) is 22.2. The minimum absolute atomic E-state index is 0.0693. The van der Waals surface area contributed by atoms with Gasteiger partial charge in [-0.25, -0.2) is 14.6 Å². The summed E-state index contributed by atoms with van der Waals surface area (Å²) in [5.74, 6) is 0.475. The molecule has 47 heavy (non-hydrogen) atoms. The van der Waals surface area contributed by atoms with E-state index in [1.54, 1.807) is 17.9 Å². The van der Waals surface area contributed by atoms with E-state index in [4.69, 9.17) is 31.0 Å². The summed E-state index contributed by atoms with van der Waals surface area (Å²) in [5.41, 5.74) is 12.2. The molecule has 1 amide bonds. The van der Waals surface area contributed by atoms with Crippen LogP contribution in [-0.4, -0.2) is 102 Å². The Morgan fingerprint density at radius 3 is 2.55 bits per heavy atom. The van der Waals surface area contributed by atoms with Crippen LogP contribution in [0.1, 0.15) is 75.6 Å². The number of aromatic nitrogens is 2. The molecule has 0 aromatic carbocycles. The van der Waals surface area contributed by atoms with E-state index in [1.807, 2.05) is 20.8 Å². The molecule has 3 aliphatic rings. The van der Waals surface area contributed by atoms with E-state index >= 15 is 0 Å². The molecule has 2 aromatic heterocycles. The number of thiophene rings is 1. The van der Waals surface area contributed by atoms with Gasteiger partial charge in [0.15, 0.2) is 5.84 Å². The minimum Gasteiger partial charge on any atom is -0.444 e. The second-order valence-electron chi connectivity index (χ2n) is 13.8. The summed E-state index contributed by atoms with van der Waals surface area (Å²) in [5, 5.41) is 14.3. The first-order valence-electron chi connectivity index (χ1n) is 16.1. The number of oxime groups is 1. The van der Waals surface area contributed by atoms with Gasteiger partial charge < -0.3 is 40.6 Å². The third kappa shape index (κ3) is 7.38. The second kappa shape index (κ2) is 13.5. The highest BCUT2D eigenvalue weighted by Gasteiger charge is 2.45. The van der Waals surface area contributed by atoms with Gasteiger partial charge in [0, 0.05) is 61.8 Å². The number of fused-ring (bicyclic) bond motifs is 1. The van der Waals surface area contributed by atoms with Crippen molar-refractivity contribution in [3.63, 3.8) is 0 Å². The van der Waals surface area contributed by atoms with Gasteiger partial charge in [-0.1, -0.05) is 5.16 Å². The summed E-state index contributed by atoms with van der Waals surface area (Å²) >= 11 is 1.35. The Balaban J connectivity index is 1.41. The average Bonchev–Trinajstić information content (AvgIpc) is 3.26. The molecule has 254 valence electrons. The van der Waals surface area contributed by atoms with Crippen LogP contribution in [0, 0.1) is 11.3 Å². The molecule has 4 N–H and O–H groups in total. The maximum atomic E-state index is 13.6.